The Balaban J connectivity index is 1.86. The van der Waals surface area contributed by atoms with Gasteiger partial charge in [0.25, 0.3) is 0 Å². The number of benzene rings is 1. The van der Waals surface area contributed by atoms with Crippen LogP contribution in [0.4, 0.5) is 0 Å². The second-order valence-corrected chi connectivity index (χ2v) is 7.09. The van der Waals surface area contributed by atoms with Crippen molar-refractivity contribution < 1.29 is 28.9 Å². The zero-order valence-corrected chi connectivity index (χ0v) is 14.6. The van der Waals surface area contributed by atoms with E-state index in [2.05, 4.69) is 13.8 Å². The van der Waals surface area contributed by atoms with Gasteiger partial charge in [0.15, 0.2) is 0 Å². The maximum atomic E-state index is 12.7. The van der Waals surface area contributed by atoms with Crippen molar-refractivity contribution in [2.45, 2.75) is 32.8 Å². The molecule has 0 atom stereocenters. The Morgan fingerprint density at radius 2 is 1.60 bits per heavy atom. The minimum atomic E-state index is -1.07. The van der Waals surface area contributed by atoms with Crippen LogP contribution in [-0.2, 0) is 14.2 Å². The summed E-state index contributed by atoms with van der Waals surface area (Å²) < 4.78 is 16.9. The molecule has 0 bridgehead atoms. The predicted octanol–water partition coefficient (Wildman–Crippen LogP) is 2.76. The van der Waals surface area contributed by atoms with Gasteiger partial charge < -0.3 is 19.3 Å². The van der Waals surface area contributed by atoms with Gasteiger partial charge in [0.2, 0.25) is 0 Å². The zero-order valence-electron chi connectivity index (χ0n) is 14.6. The lowest BCUT2D eigenvalue weighted by Gasteiger charge is -2.56. The Labute approximate surface area is 147 Å². The van der Waals surface area contributed by atoms with E-state index in [1.54, 1.807) is 12.1 Å². The Bertz CT molecular complexity index is 627. The molecule has 6 heteroatoms. The molecule has 136 valence electrons. The maximum absolute atomic E-state index is 12.7. The topological polar surface area (TPSA) is 82.1 Å². The van der Waals surface area contributed by atoms with Gasteiger partial charge in [-0.15, -0.1) is 0 Å². The van der Waals surface area contributed by atoms with E-state index in [1.165, 1.54) is 12.1 Å². The van der Waals surface area contributed by atoms with E-state index in [0.29, 0.717) is 26.4 Å². The standard InChI is InChI=1S/C19H24O6/c1-3-18(9-23-10-18)17(19(4-2)11-24-12-19)25-16(22)14-7-5-6-13(8-14)15(20)21/h5-8,17H,3-4,9-12H2,1-2H3,(H,20,21). The fourth-order valence-electron chi connectivity index (χ4n) is 3.66. The highest BCUT2D eigenvalue weighted by atomic mass is 16.6. The van der Waals surface area contributed by atoms with Gasteiger partial charge in [-0.3, -0.25) is 0 Å². The fourth-order valence-corrected chi connectivity index (χ4v) is 3.66. The summed E-state index contributed by atoms with van der Waals surface area (Å²) >= 11 is 0. The van der Waals surface area contributed by atoms with Crippen molar-refractivity contribution in [2.24, 2.45) is 10.8 Å². The lowest BCUT2D eigenvalue weighted by atomic mass is 9.63. The molecule has 0 aromatic heterocycles. The summed E-state index contributed by atoms with van der Waals surface area (Å²) in [6, 6.07) is 5.95. The molecule has 0 aliphatic carbocycles. The summed E-state index contributed by atoms with van der Waals surface area (Å²) in [5, 5.41) is 9.12. The third-order valence-electron chi connectivity index (χ3n) is 5.65. The fraction of sp³-hybridized carbons (Fsp3) is 0.579. The lowest BCUT2D eigenvalue weighted by molar-refractivity contribution is -0.258. The summed E-state index contributed by atoms with van der Waals surface area (Å²) in [4.78, 5) is 23.9. The lowest BCUT2D eigenvalue weighted by Crippen LogP contribution is -2.64. The molecule has 2 fully saturated rings. The predicted molar refractivity (Wildman–Crippen MR) is 89.7 cm³/mol. The average molecular weight is 348 g/mol. The Morgan fingerprint density at radius 1 is 1.08 bits per heavy atom. The number of carboxylic acids is 1. The monoisotopic (exact) mass is 348 g/mol. The van der Waals surface area contributed by atoms with E-state index in [4.69, 9.17) is 19.3 Å². The van der Waals surface area contributed by atoms with Crippen LogP contribution in [0, 0.1) is 10.8 Å². The van der Waals surface area contributed by atoms with Gasteiger partial charge in [0.05, 0.1) is 48.4 Å². The quantitative estimate of drug-likeness (QED) is 0.763. The summed E-state index contributed by atoms with van der Waals surface area (Å²) in [6.45, 7) is 6.43. The molecule has 1 N–H and O–H groups in total. The second kappa shape index (κ2) is 6.77. The number of carboxylic acid groups (broad SMARTS) is 1. The van der Waals surface area contributed by atoms with Gasteiger partial charge in [-0.05, 0) is 31.0 Å². The van der Waals surface area contributed by atoms with Gasteiger partial charge in [0.1, 0.15) is 6.10 Å². The van der Waals surface area contributed by atoms with Crippen LogP contribution in [0.3, 0.4) is 0 Å². The molecule has 0 unspecified atom stereocenters. The normalized spacial score (nSPS) is 20.4. The third-order valence-corrected chi connectivity index (χ3v) is 5.65. The van der Waals surface area contributed by atoms with Crippen molar-refractivity contribution in [1.29, 1.82) is 0 Å². The summed E-state index contributed by atoms with van der Waals surface area (Å²) in [6.07, 6.45) is 1.39. The highest BCUT2D eigenvalue weighted by Crippen LogP contribution is 2.49. The van der Waals surface area contributed by atoms with Crippen LogP contribution < -0.4 is 0 Å². The van der Waals surface area contributed by atoms with Gasteiger partial charge in [-0.2, -0.15) is 0 Å². The molecular weight excluding hydrogens is 324 g/mol. The van der Waals surface area contributed by atoms with Crippen LogP contribution >= 0.6 is 0 Å². The number of esters is 1. The van der Waals surface area contributed by atoms with Crippen LogP contribution in [0.25, 0.3) is 0 Å². The van der Waals surface area contributed by atoms with Crippen molar-refractivity contribution in [3.8, 4) is 0 Å². The van der Waals surface area contributed by atoms with Gasteiger partial charge >= 0.3 is 11.9 Å². The van der Waals surface area contributed by atoms with Crippen molar-refractivity contribution >= 4 is 11.9 Å². The largest absolute Gasteiger partial charge is 0.478 e. The average Bonchev–Trinajstić information content (AvgIpc) is 2.53. The first-order valence-electron chi connectivity index (χ1n) is 8.66. The second-order valence-electron chi connectivity index (χ2n) is 7.09. The van der Waals surface area contributed by atoms with Crippen LogP contribution in [0.1, 0.15) is 47.4 Å². The molecule has 1 aromatic rings. The minimum absolute atomic E-state index is 0.0698. The van der Waals surface area contributed by atoms with Crippen LogP contribution in [0.15, 0.2) is 24.3 Å². The number of rotatable bonds is 7. The van der Waals surface area contributed by atoms with Gasteiger partial charge in [-0.25, -0.2) is 9.59 Å². The van der Waals surface area contributed by atoms with E-state index in [9.17, 15) is 9.59 Å². The van der Waals surface area contributed by atoms with Crippen LogP contribution in [0.5, 0.6) is 0 Å². The molecule has 0 spiro atoms. The molecule has 0 radical (unpaired) electrons. The summed E-state index contributed by atoms with van der Waals surface area (Å²) in [5.41, 5.74) is -0.0667. The molecule has 2 saturated heterocycles. The van der Waals surface area contributed by atoms with E-state index < -0.39 is 11.9 Å². The molecule has 6 nitrogen and oxygen atoms in total. The summed E-state index contributed by atoms with van der Waals surface area (Å²) in [5.74, 6) is -1.56. The first kappa shape index (κ1) is 17.9. The first-order chi connectivity index (χ1) is 12.0. The van der Waals surface area contributed by atoms with Crippen LogP contribution in [-0.4, -0.2) is 49.6 Å². The van der Waals surface area contributed by atoms with E-state index in [1.807, 2.05) is 0 Å². The summed E-state index contributed by atoms with van der Waals surface area (Å²) in [7, 11) is 0. The molecule has 3 rings (SSSR count). The van der Waals surface area contributed by atoms with Gasteiger partial charge in [0, 0.05) is 0 Å². The first-order valence-corrected chi connectivity index (χ1v) is 8.66. The van der Waals surface area contributed by atoms with E-state index in [0.717, 1.165) is 12.8 Å². The Kier molecular flexibility index (Phi) is 4.84. The van der Waals surface area contributed by atoms with E-state index in [-0.39, 0.29) is 28.1 Å². The Morgan fingerprint density at radius 3 is 2.00 bits per heavy atom. The zero-order chi connectivity index (χ0) is 18.1. The van der Waals surface area contributed by atoms with Crippen LogP contribution in [0.2, 0.25) is 0 Å². The molecule has 2 heterocycles. The maximum Gasteiger partial charge on any atom is 0.338 e. The number of hydrogen-bond acceptors (Lipinski definition) is 5. The highest BCUT2D eigenvalue weighted by Gasteiger charge is 2.58. The van der Waals surface area contributed by atoms with Crippen molar-refractivity contribution in [2.75, 3.05) is 26.4 Å². The van der Waals surface area contributed by atoms with Crippen molar-refractivity contribution in [3.63, 3.8) is 0 Å². The molecule has 2 aliphatic rings. The SMILES string of the molecule is CCC1(C(OC(=O)c2cccc(C(=O)O)c2)C2(CC)COC2)COC1. The number of aromatic carboxylic acids is 1. The van der Waals surface area contributed by atoms with Crippen molar-refractivity contribution in [3.05, 3.63) is 35.4 Å². The van der Waals surface area contributed by atoms with E-state index >= 15 is 0 Å². The molecule has 2 aliphatic heterocycles. The molecule has 0 saturated carbocycles. The number of carbonyl (C=O) groups is 2. The Hall–Kier alpha value is -1.92. The molecule has 25 heavy (non-hydrogen) atoms. The minimum Gasteiger partial charge on any atom is -0.478 e. The number of hydrogen-bond donors (Lipinski definition) is 1. The third kappa shape index (κ3) is 3.04. The van der Waals surface area contributed by atoms with Gasteiger partial charge in [-0.1, -0.05) is 19.9 Å². The number of carbonyl (C=O) groups excluding carboxylic acids is 1. The molecule has 1 aromatic carbocycles. The smallest absolute Gasteiger partial charge is 0.338 e. The number of ether oxygens (including phenoxy) is 3. The molecular formula is C19H24O6. The van der Waals surface area contributed by atoms with Crippen molar-refractivity contribution in [1.82, 2.24) is 0 Å². The molecule has 0 amide bonds. The highest BCUT2D eigenvalue weighted by molar-refractivity contribution is 5.94.